The predicted octanol–water partition coefficient (Wildman–Crippen LogP) is 1.29. The van der Waals surface area contributed by atoms with Gasteiger partial charge >= 0.3 is 0 Å². The van der Waals surface area contributed by atoms with Crippen LogP contribution in [-0.4, -0.2) is 23.3 Å². The van der Waals surface area contributed by atoms with Gasteiger partial charge in [-0.25, -0.2) is 0 Å². The minimum atomic E-state index is -0.155. The lowest BCUT2D eigenvalue weighted by Crippen LogP contribution is -2.41. The topological polar surface area (TPSA) is 32.3 Å². The number of nitrogens with one attached hydrogen (secondary N) is 1. The Bertz CT molecular complexity index is 112. The van der Waals surface area contributed by atoms with Crippen LogP contribution in [-0.2, 0) is 0 Å². The molecule has 0 amide bonds. The maximum absolute atomic E-state index is 9.15. The van der Waals surface area contributed by atoms with Crippen LogP contribution in [0.5, 0.6) is 0 Å². The summed E-state index contributed by atoms with van der Waals surface area (Å²) in [5.74, 6) is 0. The highest BCUT2D eigenvalue weighted by Crippen LogP contribution is 2.15. The molecule has 0 unspecified atom stereocenters. The Balaban J connectivity index is 2.23. The highest BCUT2D eigenvalue weighted by atomic mass is 16.3. The zero-order valence-electron chi connectivity index (χ0n) is 7.51. The Morgan fingerprint density at radius 2 is 2.27 bits per heavy atom. The highest BCUT2D eigenvalue weighted by molar-refractivity contribution is 4.78. The van der Waals surface area contributed by atoms with Gasteiger partial charge in [-0.2, -0.15) is 0 Å². The molecule has 1 aliphatic heterocycles. The number of hydrogen-bond donors (Lipinski definition) is 2. The van der Waals surface area contributed by atoms with Crippen LogP contribution in [0, 0.1) is 0 Å². The molecule has 66 valence electrons. The lowest BCUT2D eigenvalue weighted by molar-refractivity contribution is 0.154. The molecule has 2 N–H and O–H groups in total. The van der Waals surface area contributed by atoms with Gasteiger partial charge in [-0.15, -0.1) is 0 Å². The summed E-state index contributed by atoms with van der Waals surface area (Å²) < 4.78 is 0. The van der Waals surface area contributed by atoms with Crippen molar-refractivity contribution in [2.24, 2.45) is 0 Å². The Labute approximate surface area is 69.0 Å². The molecule has 0 spiro atoms. The molecule has 0 bridgehead atoms. The number of aliphatic hydroxyl groups excluding tert-OH is 1. The van der Waals surface area contributed by atoms with Gasteiger partial charge in [0.05, 0.1) is 6.10 Å². The SMILES string of the molecule is C[C@@H](O)C[C@@H]1CCC[C@H](C)N1. The summed E-state index contributed by atoms with van der Waals surface area (Å²) in [6, 6.07) is 1.20. The first-order valence-corrected chi connectivity index (χ1v) is 4.62. The zero-order chi connectivity index (χ0) is 8.27. The Morgan fingerprint density at radius 3 is 2.82 bits per heavy atom. The maximum Gasteiger partial charge on any atom is 0.0526 e. The summed E-state index contributed by atoms with van der Waals surface area (Å²) in [4.78, 5) is 0. The van der Waals surface area contributed by atoms with E-state index in [4.69, 9.17) is 5.11 Å². The molecule has 1 heterocycles. The molecule has 0 aliphatic carbocycles. The standard InChI is InChI=1S/C9H19NO/c1-7-4-3-5-9(10-7)6-8(2)11/h7-11H,3-6H2,1-2H3/t7-,8+,9-/m0/s1. The van der Waals surface area contributed by atoms with Gasteiger partial charge in [0.15, 0.2) is 0 Å². The lowest BCUT2D eigenvalue weighted by atomic mass is 9.96. The van der Waals surface area contributed by atoms with E-state index in [0.717, 1.165) is 6.42 Å². The summed E-state index contributed by atoms with van der Waals surface area (Å²) in [5, 5.41) is 12.6. The Kier molecular flexibility index (Phi) is 3.34. The fourth-order valence-electron chi connectivity index (χ4n) is 1.84. The number of piperidine rings is 1. The summed E-state index contributed by atoms with van der Waals surface area (Å²) in [7, 11) is 0. The Hall–Kier alpha value is -0.0800. The van der Waals surface area contributed by atoms with Crippen molar-refractivity contribution in [3.63, 3.8) is 0 Å². The number of rotatable bonds is 2. The van der Waals surface area contributed by atoms with Gasteiger partial charge in [0.2, 0.25) is 0 Å². The minimum Gasteiger partial charge on any atom is -0.393 e. The maximum atomic E-state index is 9.15. The molecule has 2 nitrogen and oxygen atoms in total. The molecule has 3 atom stereocenters. The van der Waals surface area contributed by atoms with Crippen LogP contribution in [0.4, 0.5) is 0 Å². The second-order valence-corrected chi connectivity index (χ2v) is 3.78. The van der Waals surface area contributed by atoms with Crippen LogP contribution in [0.1, 0.15) is 39.5 Å². The average molecular weight is 157 g/mol. The molecule has 0 aromatic heterocycles. The van der Waals surface area contributed by atoms with E-state index in [1.54, 1.807) is 0 Å². The van der Waals surface area contributed by atoms with Gasteiger partial charge in [-0.1, -0.05) is 6.42 Å². The van der Waals surface area contributed by atoms with E-state index in [-0.39, 0.29) is 6.10 Å². The highest BCUT2D eigenvalue weighted by Gasteiger charge is 2.18. The molecular formula is C9H19NO. The van der Waals surface area contributed by atoms with Crippen molar-refractivity contribution in [1.29, 1.82) is 0 Å². The Morgan fingerprint density at radius 1 is 1.55 bits per heavy atom. The van der Waals surface area contributed by atoms with Crippen LogP contribution in [0.3, 0.4) is 0 Å². The van der Waals surface area contributed by atoms with Gasteiger partial charge < -0.3 is 10.4 Å². The van der Waals surface area contributed by atoms with E-state index in [9.17, 15) is 0 Å². The second-order valence-electron chi connectivity index (χ2n) is 3.78. The summed E-state index contributed by atoms with van der Waals surface area (Å²) in [6.45, 7) is 4.08. The van der Waals surface area contributed by atoms with Crippen LogP contribution in [0.2, 0.25) is 0 Å². The summed E-state index contributed by atoms with van der Waals surface area (Å²) in [5.41, 5.74) is 0. The van der Waals surface area contributed by atoms with E-state index < -0.39 is 0 Å². The third-order valence-electron chi connectivity index (χ3n) is 2.34. The van der Waals surface area contributed by atoms with Gasteiger partial charge in [0.25, 0.3) is 0 Å². The molecular weight excluding hydrogens is 138 g/mol. The second kappa shape index (κ2) is 4.07. The number of hydrogen-bond acceptors (Lipinski definition) is 2. The third kappa shape index (κ3) is 3.21. The smallest absolute Gasteiger partial charge is 0.0526 e. The fourth-order valence-corrected chi connectivity index (χ4v) is 1.84. The predicted molar refractivity (Wildman–Crippen MR) is 46.5 cm³/mol. The van der Waals surface area contributed by atoms with Crippen molar-refractivity contribution >= 4 is 0 Å². The van der Waals surface area contributed by atoms with E-state index in [0.29, 0.717) is 12.1 Å². The van der Waals surface area contributed by atoms with Gasteiger partial charge in [0.1, 0.15) is 0 Å². The van der Waals surface area contributed by atoms with Crippen molar-refractivity contribution in [3.05, 3.63) is 0 Å². The fraction of sp³-hybridized carbons (Fsp3) is 1.00. The van der Waals surface area contributed by atoms with Crippen LogP contribution in [0.15, 0.2) is 0 Å². The summed E-state index contributed by atoms with van der Waals surface area (Å²) in [6.07, 6.45) is 4.58. The first-order valence-electron chi connectivity index (χ1n) is 4.62. The van der Waals surface area contributed by atoms with Crippen molar-refractivity contribution in [2.75, 3.05) is 0 Å². The third-order valence-corrected chi connectivity index (χ3v) is 2.34. The lowest BCUT2D eigenvalue weighted by Gasteiger charge is -2.29. The van der Waals surface area contributed by atoms with Crippen LogP contribution in [0.25, 0.3) is 0 Å². The molecule has 11 heavy (non-hydrogen) atoms. The van der Waals surface area contributed by atoms with Gasteiger partial charge in [0, 0.05) is 12.1 Å². The molecule has 1 aliphatic rings. The molecule has 1 saturated heterocycles. The average Bonchev–Trinajstić information content (AvgIpc) is 1.85. The monoisotopic (exact) mass is 157 g/mol. The van der Waals surface area contributed by atoms with Crippen molar-refractivity contribution < 1.29 is 5.11 Å². The van der Waals surface area contributed by atoms with Gasteiger partial charge in [-0.3, -0.25) is 0 Å². The first-order chi connectivity index (χ1) is 5.18. The van der Waals surface area contributed by atoms with Crippen LogP contribution < -0.4 is 5.32 Å². The molecule has 0 radical (unpaired) electrons. The molecule has 2 heteroatoms. The number of aliphatic hydroxyl groups is 1. The normalized spacial score (nSPS) is 35.2. The molecule has 1 fully saturated rings. The van der Waals surface area contributed by atoms with E-state index >= 15 is 0 Å². The largest absolute Gasteiger partial charge is 0.393 e. The van der Waals surface area contributed by atoms with E-state index in [1.165, 1.54) is 19.3 Å². The van der Waals surface area contributed by atoms with Crippen molar-refractivity contribution in [3.8, 4) is 0 Å². The minimum absolute atomic E-state index is 0.155. The van der Waals surface area contributed by atoms with E-state index in [1.807, 2.05) is 6.92 Å². The van der Waals surface area contributed by atoms with Crippen LogP contribution >= 0.6 is 0 Å². The van der Waals surface area contributed by atoms with Gasteiger partial charge in [-0.05, 0) is 33.1 Å². The van der Waals surface area contributed by atoms with E-state index in [2.05, 4.69) is 12.2 Å². The molecule has 0 saturated carbocycles. The van der Waals surface area contributed by atoms with Crippen molar-refractivity contribution in [1.82, 2.24) is 5.32 Å². The molecule has 0 aromatic carbocycles. The first kappa shape index (κ1) is 9.01. The molecule has 1 rings (SSSR count). The summed E-state index contributed by atoms with van der Waals surface area (Å²) >= 11 is 0. The van der Waals surface area contributed by atoms with Crippen molar-refractivity contribution in [2.45, 2.75) is 57.7 Å². The zero-order valence-corrected chi connectivity index (χ0v) is 7.51. The molecule has 0 aromatic rings. The quantitative estimate of drug-likeness (QED) is 0.633.